The van der Waals surface area contributed by atoms with E-state index in [4.69, 9.17) is 10.5 Å². The molecular formula is C14H12FNO3. The second-order valence-corrected chi connectivity index (χ2v) is 3.94. The summed E-state index contributed by atoms with van der Waals surface area (Å²) in [6.45, 7) is -0.170. The van der Waals surface area contributed by atoms with E-state index in [1.807, 2.05) is 0 Å². The van der Waals surface area contributed by atoms with Crippen LogP contribution in [0.1, 0.15) is 15.9 Å². The number of hydrogen-bond donors (Lipinski definition) is 2. The monoisotopic (exact) mass is 261 g/mol. The van der Waals surface area contributed by atoms with Crippen molar-refractivity contribution in [3.8, 4) is 5.75 Å². The van der Waals surface area contributed by atoms with E-state index < -0.39 is 11.8 Å². The lowest BCUT2D eigenvalue weighted by Gasteiger charge is -2.06. The third-order valence-corrected chi connectivity index (χ3v) is 2.58. The Hall–Kier alpha value is -2.56. The van der Waals surface area contributed by atoms with Crippen LogP contribution in [-0.2, 0) is 11.3 Å². The minimum absolute atomic E-state index is 0.156. The average Bonchev–Trinajstić information content (AvgIpc) is 2.40. The van der Waals surface area contributed by atoms with Crippen molar-refractivity contribution in [1.82, 2.24) is 0 Å². The zero-order valence-electron chi connectivity index (χ0n) is 9.97. The Labute approximate surface area is 109 Å². The molecule has 2 aromatic carbocycles. The number of anilines is 1. The fourth-order valence-electron chi connectivity index (χ4n) is 1.51. The van der Waals surface area contributed by atoms with Gasteiger partial charge in [-0.3, -0.25) is 0 Å². The Morgan fingerprint density at radius 2 is 2.00 bits per heavy atom. The molecule has 0 unspecified atom stereocenters. The molecule has 4 nitrogen and oxygen atoms in total. The number of esters is 1. The predicted molar refractivity (Wildman–Crippen MR) is 68.0 cm³/mol. The van der Waals surface area contributed by atoms with Gasteiger partial charge >= 0.3 is 5.97 Å². The minimum Gasteiger partial charge on any atom is -0.506 e. The second-order valence-electron chi connectivity index (χ2n) is 3.94. The lowest BCUT2D eigenvalue weighted by Crippen LogP contribution is -2.06. The molecule has 0 saturated carbocycles. The van der Waals surface area contributed by atoms with Crippen molar-refractivity contribution in [2.45, 2.75) is 6.61 Å². The predicted octanol–water partition coefficient (Wildman–Crippen LogP) is 2.47. The van der Waals surface area contributed by atoms with Gasteiger partial charge in [-0.15, -0.1) is 0 Å². The molecule has 2 aromatic rings. The van der Waals surface area contributed by atoms with Crippen molar-refractivity contribution in [2.24, 2.45) is 0 Å². The van der Waals surface area contributed by atoms with E-state index in [9.17, 15) is 14.3 Å². The van der Waals surface area contributed by atoms with Crippen molar-refractivity contribution in [1.29, 1.82) is 0 Å². The van der Waals surface area contributed by atoms with Crippen LogP contribution in [0.25, 0.3) is 0 Å². The van der Waals surface area contributed by atoms with E-state index in [1.165, 1.54) is 30.3 Å². The number of carbonyl (C=O) groups is 1. The van der Waals surface area contributed by atoms with E-state index in [0.717, 1.165) is 0 Å². The summed E-state index contributed by atoms with van der Waals surface area (Å²) in [5, 5.41) is 9.39. The first-order valence-corrected chi connectivity index (χ1v) is 5.57. The number of nitrogen functional groups attached to an aromatic ring is 1. The molecule has 3 N–H and O–H groups in total. The van der Waals surface area contributed by atoms with Crippen LogP contribution in [-0.4, -0.2) is 11.1 Å². The van der Waals surface area contributed by atoms with Gasteiger partial charge in [0.15, 0.2) is 0 Å². The van der Waals surface area contributed by atoms with Crippen molar-refractivity contribution < 1.29 is 19.0 Å². The fourth-order valence-corrected chi connectivity index (χ4v) is 1.51. The molecule has 0 fully saturated rings. The molecule has 19 heavy (non-hydrogen) atoms. The number of benzene rings is 2. The summed E-state index contributed by atoms with van der Waals surface area (Å²) in [6, 6.07) is 10.1. The van der Waals surface area contributed by atoms with Crippen molar-refractivity contribution in [3.05, 3.63) is 59.4 Å². The summed E-state index contributed by atoms with van der Waals surface area (Å²) >= 11 is 0. The molecule has 5 heteroatoms. The minimum atomic E-state index is -0.654. The number of halogens is 1. The van der Waals surface area contributed by atoms with Crippen LogP contribution < -0.4 is 5.73 Å². The van der Waals surface area contributed by atoms with Gasteiger partial charge < -0.3 is 15.6 Å². The van der Waals surface area contributed by atoms with E-state index >= 15 is 0 Å². The highest BCUT2D eigenvalue weighted by Gasteiger charge is 2.10. The molecule has 0 aromatic heterocycles. The number of phenols is 1. The first-order chi connectivity index (χ1) is 9.08. The highest BCUT2D eigenvalue weighted by Crippen LogP contribution is 2.21. The zero-order valence-corrected chi connectivity index (χ0v) is 9.97. The summed E-state index contributed by atoms with van der Waals surface area (Å²) in [6.07, 6.45) is 0. The quantitative estimate of drug-likeness (QED) is 0.505. The number of aromatic hydroxyl groups is 1. The number of hydrogen-bond acceptors (Lipinski definition) is 4. The summed E-state index contributed by atoms with van der Waals surface area (Å²) in [4.78, 5) is 11.7. The molecule has 98 valence electrons. The first kappa shape index (κ1) is 12.9. The Bertz CT molecular complexity index is 613. The molecule has 0 aliphatic heterocycles. The van der Waals surface area contributed by atoms with Gasteiger partial charge in [-0.25, -0.2) is 9.18 Å². The average molecular weight is 261 g/mol. The van der Waals surface area contributed by atoms with Gasteiger partial charge in [-0.05, 0) is 24.3 Å². The maximum Gasteiger partial charge on any atom is 0.338 e. The topological polar surface area (TPSA) is 72.6 Å². The number of phenolic OH excluding ortho intramolecular Hbond substituents is 1. The summed E-state index contributed by atoms with van der Waals surface area (Å²) in [5.41, 5.74) is 6.04. The summed E-state index contributed by atoms with van der Waals surface area (Å²) in [5.74, 6) is -1.28. The lowest BCUT2D eigenvalue weighted by molar-refractivity contribution is 0.0468. The second kappa shape index (κ2) is 5.39. The molecule has 0 aliphatic rings. The van der Waals surface area contributed by atoms with Gasteiger partial charge in [0.1, 0.15) is 18.2 Å². The first-order valence-electron chi connectivity index (χ1n) is 5.57. The number of rotatable bonds is 3. The van der Waals surface area contributed by atoms with Gasteiger partial charge in [-0.1, -0.05) is 18.2 Å². The van der Waals surface area contributed by atoms with Crippen LogP contribution in [0.2, 0.25) is 0 Å². The van der Waals surface area contributed by atoms with Gasteiger partial charge in [0.05, 0.1) is 11.3 Å². The largest absolute Gasteiger partial charge is 0.506 e. The SMILES string of the molecule is Nc1ccc(C(=O)OCc2ccccc2F)cc1O. The zero-order chi connectivity index (χ0) is 13.8. The van der Waals surface area contributed by atoms with E-state index in [0.29, 0.717) is 0 Å². The van der Waals surface area contributed by atoms with Gasteiger partial charge in [-0.2, -0.15) is 0 Å². The van der Waals surface area contributed by atoms with Gasteiger partial charge in [0.25, 0.3) is 0 Å². The number of ether oxygens (including phenoxy) is 1. The van der Waals surface area contributed by atoms with Crippen molar-refractivity contribution in [3.63, 3.8) is 0 Å². The van der Waals surface area contributed by atoms with Crippen LogP contribution in [0.15, 0.2) is 42.5 Å². The van der Waals surface area contributed by atoms with Crippen LogP contribution in [0, 0.1) is 5.82 Å². The van der Waals surface area contributed by atoms with Crippen LogP contribution in [0.5, 0.6) is 5.75 Å². The Kier molecular flexibility index (Phi) is 3.66. The maximum absolute atomic E-state index is 13.3. The Balaban J connectivity index is 2.05. The molecule has 0 spiro atoms. The molecule has 0 radical (unpaired) electrons. The smallest absolute Gasteiger partial charge is 0.338 e. The molecular weight excluding hydrogens is 249 g/mol. The van der Waals surface area contributed by atoms with E-state index in [1.54, 1.807) is 12.1 Å². The van der Waals surface area contributed by atoms with Gasteiger partial charge in [0.2, 0.25) is 0 Å². The molecule has 0 amide bonds. The van der Waals surface area contributed by atoms with Crippen LogP contribution in [0.4, 0.5) is 10.1 Å². The van der Waals surface area contributed by atoms with Crippen molar-refractivity contribution in [2.75, 3.05) is 5.73 Å². The standard InChI is InChI=1S/C14H12FNO3/c15-11-4-2-1-3-10(11)8-19-14(18)9-5-6-12(16)13(17)7-9/h1-7,17H,8,16H2. The van der Waals surface area contributed by atoms with E-state index in [2.05, 4.69) is 0 Å². The highest BCUT2D eigenvalue weighted by atomic mass is 19.1. The number of carbonyl (C=O) groups excluding carboxylic acids is 1. The molecule has 0 aliphatic carbocycles. The van der Waals surface area contributed by atoms with Crippen LogP contribution in [0.3, 0.4) is 0 Å². The molecule has 2 rings (SSSR count). The Morgan fingerprint density at radius 3 is 2.68 bits per heavy atom. The molecule has 0 atom stereocenters. The fraction of sp³-hybridized carbons (Fsp3) is 0.0714. The maximum atomic E-state index is 13.3. The van der Waals surface area contributed by atoms with Crippen LogP contribution >= 0.6 is 0 Å². The third kappa shape index (κ3) is 3.01. The van der Waals surface area contributed by atoms with Crippen molar-refractivity contribution >= 4 is 11.7 Å². The van der Waals surface area contributed by atoms with Gasteiger partial charge in [0, 0.05) is 5.56 Å². The molecule has 0 bridgehead atoms. The highest BCUT2D eigenvalue weighted by molar-refractivity contribution is 5.90. The summed E-state index contributed by atoms with van der Waals surface area (Å²) in [7, 11) is 0. The third-order valence-electron chi connectivity index (χ3n) is 2.58. The lowest BCUT2D eigenvalue weighted by atomic mass is 10.2. The van der Waals surface area contributed by atoms with E-state index in [-0.39, 0.29) is 29.2 Å². The molecule has 0 saturated heterocycles. The molecule has 0 heterocycles. The normalized spacial score (nSPS) is 10.2. The number of nitrogens with two attached hydrogens (primary N) is 1. The Morgan fingerprint density at radius 1 is 1.26 bits per heavy atom. The summed E-state index contributed by atoms with van der Waals surface area (Å²) < 4.78 is 18.3.